The van der Waals surface area contributed by atoms with Crippen LogP contribution in [0.1, 0.15) is 5.56 Å². The summed E-state index contributed by atoms with van der Waals surface area (Å²) in [4.78, 5) is 30.3. The van der Waals surface area contributed by atoms with Crippen LogP contribution in [0.4, 0.5) is 0 Å². The van der Waals surface area contributed by atoms with Gasteiger partial charge in [-0.1, -0.05) is 41.9 Å². The average Bonchev–Trinajstić information content (AvgIpc) is 2.68. The van der Waals surface area contributed by atoms with E-state index in [0.29, 0.717) is 21.7 Å². The van der Waals surface area contributed by atoms with E-state index in [4.69, 9.17) is 11.6 Å². The van der Waals surface area contributed by atoms with Gasteiger partial charge in [0.15, 0.2) is 5.65 Å². The number of benzene rings is 2. The molecule has 0 spiro atoms. The first-order valence-electron chi connectivity index (χ1n) is 8.05. The van der Waals surface area contributed by atoms with Crippen LogP contribution in [-0.4, -0.2) is 14.1 Å². The molecule has 0 fully saturated rings. The number of para-hydroxylation sites is 1. The van der Waals surface area contributed by atoms with E-state index in [9.17, 15) is 9.59 Å². The molecule has 0 aliphatic heterocycles. The lowest BCUT2D eigenvalue weighted by molar-refractivity contribution is 0.683. The lowest BCUT2D eigenvalue weighted by atomic mass is 10.2. The summed E-state index contributed by atoms with van der Waals surface area (Å²) < 4.78 is 2.69. The topological polar surface area (TPSA) is 56.9 Å². The Morgan fingerprint density at radius 1 is 0.885 bits per heavy atom. The number of fused-ring (bicyclic) bond motifs is 1. The van der Waals surface area contributed by atoms with Gasteiger partial charge in [-0.3, -0.25) is 9.36 Å². The van der Waals surface area contributed by atoms with Crippen molar-refractivity contribution in [3.05, 3.63) is 104 Å². The van der Waals surface area contributed by atoms with Crippen LogP contribution in [0.25, 0.3) is 16.7 Å². The maximum absolute atomic E-state index is 13.1. The van der Waals surface area contributed by atoms with Crippen molar-refractivity contribution in [1.82, 2.24) is 14.1 Å². The summed E-state index contributed by atoms with van der Waals surface area (Å²) in [5.41, 5.74) is 1.03. The molecule has 4 rings (SSSR count). The van der Waals surface area contributed by atoms with Gasteiger partial charge in [-0.2, -0.15) is 0 Å². The number of hydrogen-bond donors (Lipinski definition) is 0. The van der Waals surface area contributed by atoms with E-state index in [1.165, 1.54) is 9.13 Å². The highest BCUT2D eigenvalue weighted by Crippen LogP contribution is 2.13. The first-order valence-corrected chi connectivity index (χ1v) is 8.43. The Hall–Kier alpha value is -3.18. The molecular weight excluding hydrogens is 350 g/mol. The Labute approximate surface area is 153 Å². The van der Waals surface area contributed by atoms with Gasteiger partial charge in [0.1, 0.15) is 0 Å². The van der Waals surface area contributed by atoms with Crippen molar-refractivity contribution in [2.24, 2.45) is 0 Å². The maximum Gasteiger partial charge on any atom is 0.337 e. The Morgan fingerprint density at radius 2 is 1.62 bits per heavy atom. The summed E-state index contributed by atoms with van der Waals surface area (Å²) in [6, 6.07) is 19.6. The number of rotatable bonds is 3. The van der Waals surface area contributed by atoms with Crippen molar-refractivity contribution in [1.29, 1.82) is 0 Å². The van der Waals surface area contributed by atoms with Crippen LogP contribution >= 0.6 is 11.6 Å². The van der Waals surface area contributed by atoms with E-state index in [-0.39, 0.29) is 12.1 Å². The molecular formula is C20H14ClN3O2. The van der Waals surface area contributed by atoms with E-state index in [1.54, 1.807) is 42.6 Å². The van der Waals surface area contributed by atoms with Gasteiger partial charge in [-0.05, 0) is 42.0 Å². The second-order valence-electron chi connectivity index (χ2n) is 5.85. The largest absolute Gasteiger partial charge is 0.337 e. The van der Waals surface area contributed by atoms with Crippen molar-refractivity contribution in [3.8, 4) is 5.69 Å². The lowest BCUT2D eigenvalue weighted by Gasteiger charge is -2.13. The molecule has 5 nitrogen and oxygen atoms in total. The highest BCUT2D eigenvalue weighted by atomic mass is 35.5. The van der Waals surface area contributed by atoms with Crippen LogP contribution in [0, 0.1) is 0 Å². The van der Waals surface area contributed by atoms with Crippen molar-refractivity contribution >= 4 is 22.6 Å². The predicted octanol–water partition coefficient (Wildman–Crippen LogP) is 3.25. The monoisotopic (exact) mass is 363 g/mol. The van der Waals surface area contributed by atoms with Gasteiger partial charge in [-0.25, -0.2) is 14.3 Å². The highest BCUT2D eigenvalue weighted by Gasteiger charge is 2.15. The molecule has 0 unspecified atom stereocenters. The number of nitrogens with zero attached hydrogens (tertiary/aromatic N) is 3. The Morgan fingerprint density at radius 3 is 2.35 bits per heavy atom. The van der Waals surface area contributed by atoms with Gasteiger partial charge in [0.05, 0.1) is 17.6 Å². The molecule has 0 radical (unpaired) electrons. The minimum Gasteiger partial charge on any atom is -0.268 e. The maximum atomic E-state index is 13.1. The summed E-state index contributed by atoms with van der Waals surface area (Å²) in [5, 5.41) is 0.996. The zero-order valence-electron chi connectivity index (χ0n) is 13.7. The van der Waals surface area contributed by atoms with Crippen LogP contribution in [0.2, 0.25) is 5.02 Å². The van der Waals surface area contributed by atoms with Crippen molar-refractivity contribution in [3.63, 3.8) is 0 Å². The third-order valence-corrected chi connectivity index (χ3v) is 4.42. The molecule has 0 bridgehead atoms. The number of pyridine rings is 1. The van der Waals surface area contributed by atoms with Gasteiger partial charge in [0, 0.05) is 11.2 Å². The Bertz CT molecular complexity index is 1200. The number of aromatic nitrogens is 3. The molecule has 0 saturated carbocycles. The zero-order chi connectivity index (χ0) is 18.1. The molecule has 0 N–H and O–H groups in total. The van der Waals surface area contributed by atoms with Crippen LogP contribution in [-0.2, 0) is 6.54 Å². The van der Waals surface area contributed by atoms with Crippen molar-refractivity contribution < 1.29 is 0 Å². The minimum atomic E-state index is -0.428. The van der Waals surface area contributed by atoms with Gasteiger partial charge in [-0.15, -0.1) is 0 Å². The third-order valence-electron chi connectivity index (χ3n) is 4.16. The predicted molar refractivity (Wildman–Crippen MR) is 102 cm³/mol. The van der Waals surface area contributed by atoms with Gasteiger partial charge < -0.3 is 0 Å². The smallest absolute Gasteiger partial charge is 0.268 e. The lowest BCUT2D eigenvalue weighted by Crippen LogP contribution is -2.40. The zero-order valence-corrected chi connectivity index (χ0v) is 14.4. The fourth-order valence-corrected chi connectivity index (χ4v) is 3.03. The summed E-state index contributed by atoms with van der Waals surface area (Å²) in [6.07, 6.45) is 1.57. The van der Waals surface area contributed by atoms with Crippen molar-refractivity contribution in [2.45, 2.75) is 6.54 Å². The quantitative estimate of drug-likeness (QED) is 0.561. The third kappa shape index (κ3) is 2.82. The molecule has 0 saturated heterocycles. The normalized spacial score (nSPS) is 11.0. The molecule has 6 heteroatoms. The first-order chi connectivity index (χ1) is 12.6. The second kappa shape index (κ2) is 6.61. The van der Waals surface area contributed by atoms with E-state index in [1.807, 2.05) is 30.3 Å². The molecule has 2 aromatic carbocycles. The molecule has 0 aliphatic carbocycles. The molecule has 128 valence electrons. The minimum absolute atomic E-state index is 0.159. The molecule has 0 amide bonds. The molecule has 2 aromatic heterocycles. The molecule has 0 atom stereocenters. The summed E-state index contributed by atoms with van der Waals surface area (Å²) in [5.74, 6) is 0. The van der Waals surface area contributed by atoms with Gasteiger partial charge in [0.25, 0.3) is 5.56 Å². The molecule has 2 heterocycles. The van der Waals surface area contributed by atoms with E-state index < -0.39 is 5.69 Å². The average molecular weight is 364 g/mol. The molecule has 26 heavy (non-hydrogen) atoms. The molecule has 0 aliphatic rings. The van der Waals surface area contributed by atoms with Gasteiger partial charge >= 0.3 is 5.69 Å². The van der Waals surface area contributed by atoms with Crippen LogP contribution < -0.4 is 11.2 Å². The number of hydrogen-bond acceptors (Lipinski definition) is 3. The fraction of sp³-hybridized carbons (Fsp3) is 0.0500. The van der Waals surface area contributed by atoms with Crippen LogP contribution in [0.5, 0.6) is 0 Å². The van der Waals surface area contributed by atoms with E-state index >= 15 is 0 Å². The first kappa shape index (κ1) is 16.3. The van der Waals surface area contributed by atoms with E-state index in [2.05, 4.69) is 4.98 Å². The summed E-state index contributed by atoms with van der Waals surface area (Å²) >= 11 is 5.92. The number of halogens is 1. The Balaban J connectivity index is 2.01. The van der Waals surface area contributed by atoms with E-state index in [0.717, 1.165) is 5.56 Å². The highest BCUT2D eigenvalue weighted by molar-refractivity contribution is 6.30. The fourth-order valence-electron chi connectivity index (χ4n) is 2.91. The van der Waals surface area contributed by atoms with Gasteiger partial charge in [0.2, 0.25) is 0 Å². The summed E-state index contributed by atoms with van der Waals surface area (Å²) in [7, 11) is 0. The second-order valence-corrected chi connectivity index (χ2v) is 6.28. The Kier molecular flexibility index (Phi) is 4.14. The SMILES string of the molecule is O=c1c2cccnc2n(-c2ccccc2)c(=O)n1Cc1ccc(Cl)cc1. The van der Waals surface area contributed by atoms with Crippen molar-refractivity contribution in [2.75, 3.05) is 0 Å². The molecule has 4 aromatic rings. The van der Waals surface area contributed by atoms with Crippen LogP contribution in [0.3, 0.4) is 0 Å². The standard InChI is InChI=1S/C20H14ClN3O2/c21-15-10-8-14(9-11-15)13-23-19(25)17-7-4-12-22-18(17)24(20(23)26)16-5-2-1-3-6-16/h1-12H,13H2. The van der Waals surface area contributed by atoms with Crippen LogP contribution in [0.15, 0.2) is 82.5 Å². The summed E-state index contributed by atoms with van der Waals surface area (Å²) in [6.45, 7) is 0.159.